The first-order valence-corrected chi connectivity index (χ1v) is 8.76. The normalized spacial score (nSPS) is 16.5. The van der Waals surface area contributed by atoms with Gasteiger partial charge >= 0.3 is 5.97 Å². The smallest absolute Gasteiger partial charge is 0.329 e. The summed E-state index contributed by atoms with van der Waals surface area (Å²) in [5.41, 5.74) is 2.60. The molecule has 1 amide bonds. The fraction of sp³-hybridized carbons (Fsp3) is 0.529. The van der Waals surface area contributed by atoms with Gasteiger partial charge in [-0.2, -0.15) is 0 Å². The second-order valence-electron chi connectivity index (χ2n) is 6.13. The van der Waals surface area contributed by atoms with Crippen LogP contribution in [-0.2, 0) is 15.3 Å². The number of hydrogen-bond donors (Lipinski definition) is 2. The molecule has 2 N–H and O–H groups in total. The van der Waals surface area contributed by atoms with Gasteiger partial charge in [0, 0.05) is 5.75 Å². The third-order valence-electron chi connectivity index (χ3n) is 4.03. The second-order valence-corrected chi connectivity index (χ2v) is 7.12. The van der Waals surface area contributed by atoms with E-state index in [1.165, 1.54) is 28.5 Å². The summed E-state index contributed by atoms with van der Waals surface area (Å²) in [6, 6.07) is 6.36. The number of nitrogens with one attached hydrogen (secondary N) is 1. The lowest BCUT2D eigenvalue weighted by Gasteiger charge is -2.25. The number of rotatable bonds is 6. The maximum absolute atomic E-state index is 12.0. The van der Waals surface area contributed by atoms with Crippen molar-refractivity contribution in [3.8, 4) is 0 Å². The Balaban J connectivity index is 1.84. The zero-order valence-electron chi connectivity index (χ0n) is 13.1. The minimum absolute atomic E-state index is 0.182. The third kappa shape index (κ3) is 4.26. The molecule has 120 valence electrons. The zero-order chi connectivity index (χ0) is 16.2. The Hall–Kier alpha value is -1.49. The van der Waals surface area contributed by atoms with E-state index in [9.17, 15) is 14.7 Å². The first-order chi connectivity index (χ1) is 10.4. The number of carboxylic acids is 1. The van der Waals surface area contributed by atoms with E-state index in [4.69, 9.17) is 0 Å². The molecule has 0 bridgehead atoms. The van der Waals surface area contributed by atoms with Gasteiger partial charge in [-0.25, -0.2) is 4.79 Å². The second kappa shape index (κ2) is 7.18. The van der Waals surface area contributed by atoms with Crippen molar-refractivity contribution in [1.82, 2.24) is 5.32 Å². The highest BCUT2D eigenvalue weighted by atomic mass is 32.2. The average Bonchev–Trinajstić information content (AvgIpc) is 2.87. The molecule has 0 radical (unpaired) electrons. The number of amides is 1. The van der Waals surface area contributed by atoms with Crippen molar-refractivity contribution < 1.29 is 14.7 Å². The lowest BCUT2D eigenvalue weighted by atomic mass is 9.98. The largest absolute Gasteiger partial charge is 0.480 e. The molecule has 1 saturated carbocycles. The van der Waals surface area contributed by atoms with E-state index in [0.717, 1.165) is 18.6 Å². The summed E-state index contributed by atoms with van der Waals surface area (Å²) >= 11 is 1.52. The number of thioether (sulfide) groups is 1. The molecule has 4 nitrogen and oxygen atoms in total. The van der Waals surface area contributed by atoms with Crippen molar-refractivity contribution in [3.05, 3.63) is 34.9 Å². The molecule has 0 unspecified atom stereocenters. The van der Waals surface area contributed by atoms with Gasteiger partial charge in [-0.05, 0) is 32.3 Å². The van der Waals surface area contributed by atoms with Crippen molar-refractivity contribution in [3.63, 3.8) is 0 Å². The number of carbonyl (C=O) groups excluding carboxylic acids is 1. The van der Waals surface area contributed by atoms with Crippen LogP contribution in [0.4, 0.5) is 0 Å². The molecule has 1 aliphatic rings. The Morgan fingerprint density at radius 2 is 1.77 bits per heavy atom. The molecule has 0 heterocycles. The molecule has 1 aromatic rings. The van der Waals surface area contributed by atoms with Crippen LogP contribution in [0, 0.1) is 13.8 Å². The van der Waals surface area contributed by atoms with Gasteiger partial charge in [0.1, 0.15) is 5.54 Å². The molecule has 22 heavy (non-hydrogen) atoms. The van der Waals surface area contributed by atoms with Crippen LogP contribution in [0.5, 0.6) is 0 Å². The summed E-state index contributed by atoms with van der Waals surface area (Å²) in [4.78, 5) is 23.4. The van der Waals surface area contributed by atoms with Crippen molar-refractivity contribution in [1.29, 1.82) is 0 Å². The van der Waals surface area contributed by atoms with Crippen LogP contribution in [0.2, 0.25) is 0 Å². The lowest BCUT2D eigenvalue weighted by molar-refractivity contribution is -0.147. The molecule has 1 aliphatic carbocycles. The number of carboxylic acid groups (broad SMARTS) is 1. The molecular weight excluding hydrogens is 298 g/mol. The maximum atomic E-state index is 12.0. The van der Waals surface area contributed by atoms with Gasteiger partial charge in [0.2, 0.25) is 5.91 Å². The summed E-state index contributed by atoms with van der Waals surface area (Å²) in [7, 11) is 0. The van der Waals surface area contributed by atoms with E-state index >= 15 is 0 Å². The fourth-order valence-corrected chi connectivity index (χ4v) is 3.85. The Morgan fingerprint density at radius 1 is 1.18 bits per heavy atom. The predicted octanol–water partition coefficient (Wildman–Crippen LogP) is 3.05. The van der Waals surface area contributed by atoms with Gasteiger partial charge in [0.15, 0.2) is 0 Å². The SMILES string of the molecule is Cc1cc(C)cc(CSCC(=O)NC2(C(=O)O)CCCC2)c1. The Bertz CT molecular complexity index is 545. The summed E-state index contributed by atoms with van der Waals surface area (Å²) in [6.07, 6.45) is 2.80. The quantitative estimate of drug-likeness (QED) is 0.845. The van der Waals surface area contributed by atoms with Gasteiger partial charge in [0.05, 0.1) is 5.75 Å². The Labute approximate surface area is 135 Å². The molecule has 2 rings (SSSR count). The molecule has 0 saturated heterocycles. The van der Waals surface area contributed by atoms with Crippen LogP contribution in [0.25, 0.3) is 0 Å². The van der Waals surface area contributed by atoms with Crippen LogP contribution in [0.1, 0.15) is 42.4 Å². The molecular formula is C17H23NO3S. The molecule has 0 atom stereocenters. The third-order valence-corrected chi connectivity index (χ3v) is 5.03. The Kier molecular flexibility index (Phi) is 5.51. The average molecular weight is 321 g/mol. The van der Waals surface area contributed by atoms with E-state index in [1.807, 2.05) is 0 Å². The number of carbonyl (C=O) groups is 2. The van der Waals surface area contributed by atoms with Gasteiger partial charge in [-0.1, -0.05) is 42.2 Å². The number of benzene rings is 1. The van der Waals surface area contributed by atoms with Crippen molar-refractivity contribution in [2.45, 2.75) is 50.8 Å². The highest BCUT2D eigenvalue weighted by Gasteiger charge is 2.42. The monoisotopic (exact) mass is 321 g/mol. The van der Waals surface area contributed by atoms with Crippen LogP contribution in [-0.4, -0.2) is 28.3 Å². The molecule has 5 heteroatoms. The maximum Gasteiger partial charge on any atom is 0.329 e. The summed E-state index contributed by atoms with van der Waals surface area (Å²) in [5.74, 6) is -0.0331. The Morgan fingerprint density at radius 3 is 2.32 bits per heavy atom. The van der Waals surface area contributed by atoms with Crippen LogP contribution in [0.3, 0.4) is 0 Å². The van der Waals surface area contributed by atoms with E-state index in [0.29, 0.717) is 18.6 Å². The topological polar surface area (TPSA) is 66.4 Å². The predicted molar refractivity (Wildman–Crippen MR) is 89.1 cm³/mol. The fourth-order valence-electron chi connectivity index (χ4n) is 3.09. The molecule has 1 fully saturated rings. The lowest BCUT2D eigenvalue weighted by Crippen LogP contribution is -2.53. The summed E-state index contributed by atoms with van der Waals surface area (Å²) in [6.45, 7) is 4.12. The van der Waals surface area contributed by atoms with Crippen LogP contribution >= 0.6 is 11.8 Å². The van der Waals surface area contributed by atoms with Crippen molar-refractivity contribution >= 4 is 23.6 Å². The van der Waals surface area contributed by atoms with Crippen molar-refractivity contribution in [2.75, 3.05) is 5.75 Å². The van der Waals surface area contributed by atoms with E-state index in [2.05, 4.69) is 37.4 Å². The zero-order valence-corrected chi connectivity index (χ0v) is 14.0. The van der Waals surface area contributed by atoms with E-state index in [-0.39, 0.29) is 5.91 Å². The minimum Gasteiger partial charge on any atom is -0.480 e. The molecule has 0 aromatic heterocycles. The van der Waals surface area contributed by atoms with Crippen LogP contribution < -0.4 is 5.32 Å². The van der Waals surface area contributed by atoms with Gasteiger partial charge in [0.25, 0.3) is 0 Å². The van der Waals surface area contributed by atoms with Gasteiger partial charge < -0.3 is 10.4 Å². The number of hydrogen-bond acceptors (Lipinski definition) is 3. The summed E-state index contributed by atoms with van der Waals surface area (Å²) in [5, 5.41) is 12.1. The minimum atomic E-state index is -1.03. The molecule has 0 aliphatic heterocycles. The van der Waals surface area contributed by atoms with E-state index < -0.39 is 11.5 Å². The standard InChI is InChI=1S/C17H23NO3S/c1-12-7-13(2)9-14(8-12)10-22-11-15(19)18-17(16(20)21)5-3-4-6-17/h7-9H,3-6,10-11H2,1-2H3,(H,18,19)(H,20,21). The van der Waals surface area contributed by atoms with Crippen molar-refractivity contribution in [2.24, 2.45) is 0 Å². The summed E-state index contributed by atoms with van der Waals surface area (Å²) < 4.78 is 0. The highest BCUT2D eigenvalue weighted by molar-refractivity contribution is 7.99. The van der Waals surface area contributed by atoms with E-state index in [1.54, 1.807) is 0 Å². The van der Waals surface area contributed by atoms with Crippen LogP contribution in [0.15, 0.2) is 18.2 Å². The molecule has 1 aromatic carbocycles. The number of aryl methyl sites for hydroxylation is 2. The first-order valence-electron chi connectivity index (χ1n) is 7.61. The highest BCUT2D eigenvalue weighted by Crippen LogP contribution is 2.30. The van der Waals surface area contributed by atoms with Gasteiger partial charge in [-0.15, -0.1) is 11.8 Å². The molecule has 0 spiro atoms. The van der Waals surface area contributed by atoms with Gasteiger partial charge in [-0.3, -0.25) is 4.79 Å². The first kappa shape index (κ1) is 16.9. The number of aliphatic carboxylic acids is 1.